The second-order valence-corrected chi connectivity index (χ2v) is 20.2. The molecule has 0 aromatic heterocycles. The predicted molar refractivity (Wildman–Crippen MR) is 249 cm³/mol. The number of anilines is 1. The lowest BCUT2D eigenvalue weighted by atomic mass is 9.53. The van der Waals surface area contributed by atoms with Crippen LogP contribution < -0.4 is 10.1 Å². The Labute approximate surface area is 388 Å². The Morgan fingerprint density at radius 1 is 0.894 bits per heavy atom. The van der Waals surface area contributed by atoms with Crippen LogP contribution in [0.4, 0.5) is 5.69 Å². The third kappa shape index (κ3) is 9.19. The van der Waals surface area contributed by atoms with Gasteiger partial charge in [-0.25, -0.2) is 4.79 Å². The van der Waals surface area contributed by atoms with E-state index in [-0.39, 0.29) is 86.0 Å². The third-order valence-corrected chi connectivity index (χ3v) is 15.9. The highest BCUT2D eigenvalue weighted by Crippen LogP contribution is 2.56. The molecule has 3 saturated carbocycles. The van der Waals surface area contributed by atoms with Crippen LogP contribution in [0.3, 0.4) is 0 Å². The SMILES string of the molecule is CCC1CCC2C3Cc4cccc(c4)CC(O)C=C4CC(c5cc(CO)cc(NCC(C)O)c5)C#CC5CC(=O)Oc6c5cc(c(O)c6C5CCCCC5)CC(OC4=O)C1(O)C2CCC3=O. The Bertz CT molecular complexity index is 2440. The molecule has 9 rings (SSSR count). The molecule has 10 unspecified atom stereocenters. The van der Waals surface area contributed by atoms with Crippen LogP contribution in [0.1, 0.15) is 148 Å². The molecule has 3 aromatic rings. The molecule has 3 heterocycles. The molecule has 10 atom stereocenters. The Hall–Kier alpha value is -4.99. The van der Waals surface area contributed by atoms with E-state index < -0.39 is 53.6 Å². The number of benzene rings is 3. The molecule has 11 nitrogen and oxygen atoms in total. The highest BCUT2D eigenvalue weighted by molar-refractivity contribution is 5.89. The number of hydrogen-bond donors (Lipinski definition) is 6. The number of hydrogen-bond acceptors (Lipinski definition) is 11. The van der Waals surface area contributed by atoms with Gasteiger partial charge in [-0.15, -0.1) is 0 Å². The van der Waals surface area contributed by atoms with Crippen molar-refractivity contribution in [1.29, 1.82) is 0 Å². The van der Waals surface area contributed by atoms with Crippen LogP contribution in [-0.2, 0) is 45.0 Å². The number of aromatic hydroxyl groups is 1. The number of aliphatic hydroxyl groups is 4. The first-order valence-corrected chi connectivity index (χ1v) is 24.5. The number of esters is 2. The fourth-order valence-corrected chi connectivity index (χ4v) is 12.7. The van der Waals surface area contributed by atoms with Gasteiger partial charge >= 0.3 is 11.9 Å². The predicted octanol–water partition coefficient (Wildman–Crippen LogP) is 7.61. The van der Waals surface area contributed by atoms with Crippen molar-refractivity contribution in [3.05, 3.63) is 99.1 Å². The molecule has 0 amide bonds. The van der Waals surface area contributed by atoms with Gasteiger partial charge in [0.05, 0.1) is 31.2 Å². The number of rotatable bonds is 7. The zero-order valence-corrected chi connectivity index (χ0v) is 38.3. The van der Waals surface area contributed by atoms with Crippen LogP contribution in [0, 0.1) is 35.5 Å². The molecular weight excluding hydrogens is 835 g/mol. The zero-order valence-electron chi connectivity index (χ0n) is 38.3. The first-order chi connectivity index (χ1) is 31.8. The number of ether oxygens (including phenoxy) is 2. The number of aliphatic hydroxyl groups excluding tert-OH is 3. The lowest BCUT2D eigenvalue weighted by molar-refractivity contribution is -0.212. The van der Waals surface area contributed by atoms with Gasteiger partial charge in [-0.1, -0.05) is 74.8 Å². The van der Waals surface area contributed by atoms with Gasteiger partial charge in [0.1, 0.15) is 29.0 Å². The molecular formula is C55H65NO10. The summed E-state index contributed by atoms with van der Waals surface area (Å²) in [5, 5.41) is 62.2. The van der Waals surface area contributed by atoms with Crippen molar-refractivity contribution in [2.24, 2.45) is 23.7 Å². The van der Waals surface area contributed by atoms with Gasteiger partial charge in [-0.3, -0.25) is 9.59 Å². The minimum atomic E-state index is -1.60. The minimum Gasteiger partial charge on any atom is -0.507 e. The van der Waals surface area contributed by atoms with E-state index in [1.165, 1.54) is 6.08 Å². The Balaban J connectivity index is 1.28. The number of fused-ring (bicyclic) bond motifs is 7. The van der Waals surface area contributed by atoms with Crippen LogP contribution in [0.25, 0.3) is 0 Å². The van der Waals surface area contributed by atoms with Crippen LogP contribution in [0.2, 0.25) is 0 Å². The maximum atomic E-state index is 15.4. The molecule has 3 aliphatic heterocycles. The largest absolute Gasteiger partial charge is 0.507 e. The van der Waals surface area contributed by atoms with Crippen molar-refractivity contribution < 1.29 is 49.4 Å². The molecule has 6 N–H and O–H groups in total. The van der Waals surface area contributed by atoms with Crippen molar-refractivity contribution in [3.8, 4) is 23.3 Å². The molecule has 10 bridgehead atoms. The second kappa shape index (κ2) is 19.3. The molecule has 11 heteroatoms. The number of phenolic OH excluding ortho intramolecular Hbond substituents is 1. The molecule has 6 aliphatic rings. The number of phenols is 1. The van der Waals surface area contributed by atoms with Crippen LogP contribution >= 0.6 is 0 Å². The lowest BCUT2D eigenvalue weighted by Crippen LogP contribution is -2.63. The first kappa shape index (κ1) is 46.1. The second-order valence-electron chi connectivity index (χ2n) is 20.2. The molecule has 3 fully saturated rings. The quantitative estimate of drug-likeness (QED) is 0.0780. The van der Waals surface area contributed by atoms with Crippen molar-refractivity contribution in [2.75, 3.05) is 11.9 Å². The molecule has 0 spiro atoms. The third-order valence-electron chi connectivity index (χ3n) is 15.9. The highest BCUT2D eigenvalue weighted by atomic mass is 16.6. The van der Waals surface area contributed by atoms with E-state index in [2.05, 4.69) is 17.2 Å². The summed E-state index contributed by atoms with van der Waals surface area (Å²) in [6.07, 6.45) is 6.39. The summed E-state index contributed by atoms with van der Waals surface area (Å²) in [5.74, 6) is 3.52. The van der Waals surface area contributed by atoms with Crippen molar-refractivity contribution in [3.63, 3.8) is 0 Å². The number of Topliss-reactive ketones (excluding diaryl/α,β-unsaturated/α-hetero) is 1. The summed E-state index contributed by atoms with van der Waals surface area (Å²) in [6, 6.07) is 15.3. The summed E-state index contributed by atoms with van der Waals surface area (Å²) in [4.78, 5) is 43.0. The number of carbonyl (C=O) groups is 3. The summed E-state index contributed by atoms with van der Waals surface area (Å²) >= 11 is 0. The van der Waals surface area contributed by atoms with Gasteiger partial charge in [0.25, 0.3) is 0 Å². The molecule has 66 heavy (non-hydrogen) atoms. The monoisotopic (exact) mass is 899 g/mol. The van der Waals surface area contributed by atoms with Gasteiger partial charge in [0, 0.05) is 60.0 Å². The molecule has 350 valence electrons. The molecule has 3 aliphatic carbocycles. The zero-order chi connectivity index (χ0) is 46.3. The average molecular weight is 900 g/mol. The fourth-order valence-electron chi connectivity index (χ4n) is 12.7. The van der Waals surface area contributed by atoms with Crippen molar-refractivity contribution >= 4 is 23.4 Å². The summed E-state index contributed by atoms with van der Waals surface area (Å²) in [6.45, 7) is 3.67. The molecule has 3 aromatic carbocycles. The smallest absolute Gasteiger partial charge is 0.334 e. The first-order valence-electron chi connectivity index (χ1n) is 24.5. The van der Waals surface area contributed by atoms with E-state index in [1.807, 2.05) is 49.4 Å². The topological polar surface area (TPSA) is 183 Å². The maximum absolute atomic E-state index is 15.4. The van der Waals surface area contributed by atoms with Crippen molar-refractivity contribution in [1.82, 2.24) is 0 Å². The van der Waals surface area contributed by atoms with Gasteiger partial charge in [-0.05, 0) is 128 Å². The summed E-state index contributed by atoms with van der Waals surface area (Å²) < 4.78 is 12.9. The summed E-state index contributed by atoms with van der Waals surface area (Å²) in [7, 11) is 0. The van der Waals surface area contributed by atoms with E-state index in [1.54, 1.807) is 13.0 Å². The highest BCUT2D eigenvalue weighted by Gasteiger charge is 2.59. The van der Waals surface area contributed by atoms with E-state index in [0.29, 0.717) is 64.9 Å². The van der Waals surface area contributed by atoms with E-state index in [9.17, 15) is 35.1 Å². The standard InChI is InChI=1S/C55H65NO10/c1-3-41-14-15-44-46-22-33-9-7-8-32(18-33)21-43(59)25-40-23-36(38-19-34(30-57)20-42(24-38)56-29-31(2)58)12-13-37-28-50(61)66-53-45(37)26-39(52(62)51(53)35-10-5-4-6-11-35)27-49(65-54(40)63)55(41,64)47(44)16-17-48(46)60/h7-9,18-20,24-26,31,35-37,41,43-44,46-47,49,56-59,62,64H,3-6,10-11,14-17,21-23,27-30H2,1-2H3. The van der Waals surface area contributed by atoms with E-state index in [4.69, 9.17) is 9.47 Å². The van der Waals surface area contributed by atoms with Crippen LogP contribution in [0.15, 0.2) is 60.2 Å². The molecule has 0 radical (unpaired) electrons. The summed E-state index contributed by atoms with van der Waals surface area (Å²) in [5.41, 5.74) is 3.95. The average Bonchev–Trinajstić information content (AvgIpc) is 3.30. The van der Waals surface area contributed by atoms with E-state index in [0.717, 1.165) is 49.7 Å². The Morgan fingerprint density at radius 3 is 2.42 bits per heavy atom. The minimum absolute atomic E-state index is 0.0223. The van der Waals surface area contributed by atoms with Gasteiger partial charge < -0.3 is 40.3 Å². The van der Waals surface area contributed by atoms with E-state index >= 15 is 4.79 Å². The fraction of sp³-hybridized carbons (Fsp3) is 0.545. The number of nitrogens with one attached hydrogen (secondary N) is 1. The van der Waals surface area contributed by atoms with Gasteiger partial charge in [-0.2, -0.15) is 0 Å². The van der Waals surface area contributed by atoms with Gasteiger partial charge in [0.2, 0.25) is 0 Å². The van der Waals surface area contributed by atoms with Crippen LogP contribution in [0.5, 0.6) is 11.5 Å². The lowest BCUT2D eigenvalue weighted by Gasteiger charge is -2.56. The normalized spacial score (nSPS) is 30.6. The van der Waals surface area contributed by atoms with Crippen molar-refractivity contribution in [2.45, 2.75) is 158 Å². The Kier molecular flexibility index (Phi) is 13.5. The number of carbonyl (C=O) groups excluding carboxylic acids is 3. The number of ketones is 1. The molecule has 0 saturated heterocycles. The van der Waals surface area contributed by atoms with Gasteiger partial charge in [0.15, 0.2) is 0 Å². The Morgan fingerprint density at radius 2 is 1.67 bits per heavy atom. The maximum Gasteiger partial charge on any atom is 0.334 e. The van der Waals surface area contributed by atoms with Crippen LogP contribution in [-0.4, -0.2) is 73.7 Å².